The van der Waals surface area contributed by atoms with Gasteiger partial charge in [0.25, 0.3) is 0 Å². The summed E-state index contributed by atoms with van der Waals surface area (Å²) in [5.41, 5.74) is -0.317. The fourth-order valence-corrected chi connectivity index (χ4v) is 3.42. The number of carbonyl (C=O) groups is 2. The van der Waals surface area contributed by atoms with Crippen LogP contribution in [0.15, 0.2) is 48.5 Å². The van der Waals surface area contributed by atoms with Crippen molar-refractivity contribution in [3.05, 3.63) is 71.3 Å². The molecule has 1 saturated carbocycles. The summed E-state index contributed by atoms with van der Waals surface area (Å²) in [4.78, 5) is 24.3. The lowest BCUT2D eigenvalue weighted by Gasteiger charge is -2.41. The predicted molar refractivity (Wildman–Crippen MR) is 91.7 cm³/mol. The monoisotopic (exact) mass is 359 g/mol. The fourth-order valence-electron chi connectivity index (χ4n) is 3.42. The summed E-state index contributed by atoms with van der Waals surface area (Å²) in [6.45, 7) is -0.0945. The topological polar surface area (TPSA) is 66.4 Å². The van der Waals surface area contributed by atoms with Crippen molar-refractivity contribution >= 4 is 11.9 Å². The van der Waals surface area contributed by atoms with Crippen molar-refractivity contribution < 1.29 is 23.5 Å². The van der Waals surface area contributed by atoms with Crippen LogP contribution in [0, 0.1) is 11.6 Å². The van der Waals surface area contributed by atoms with Gasteiger partial charge < -0.3 is 10.4 Å². The van der Waals surface area contributed by atoms with E-state index >= 15 is 0 Å². The van der Waals surface area contributed by atoms with E-state index in [9.17, 15) is 23.5 Å². The molecule has 1 amide bonds. The first-order chi connectivity index (χ1) is 12.4. The SMILES string of the molecule is O=C(O)C(CNC(=O)C1(c2ccc(F)cc2F)CCC1)c1ccccc1. The Labute approximate surface area is 149 Å². The molecule has 1 unspecified atom stereocenters. The maximum Gasteiger partial charge on any atom is 0.312 e. The molecule has 2 aromatic rings. The van der Waals surface area contributed by atoms with Gasteiger partial charge in [0.2, 0.25) is 5.91 Å². The van der Waals surface area contributed by atoms with Crippen molar-refractivity contribution in [3.63, 3.8) is 0 Å². The largest absolute Gasteiger partial charge is 0.481 e. The van der Waals surface area contributed by atoms with E-state index in [1.165, 1.54) is 6.07 Å². The molecule has 2 aromatic carbocycles. The molecule has 2 N–H and O–H groups in total. The van der Waals surface area contributed by atoms with Crippen LogP contribution in [-0.4, -0.2) is 23.5 Å². The van der Waals surface area contributed by atoms with Crippen molar-refractivity contribution in [1.82, 2.24) is 5.32 Å². The third kappa shape index (κ3) is 3.31. The first-order valence-electron chi connectivity index (χ1n) is 8.45. The number of carbonyl (C=O) groups excluding carboxylic acids is 1. The Morgan fingerprint density at radius 2 is 1.81 bits per heavy atom. The average molecular weight is 359 g/mol. The highest BCUT2D eigenvalue weighted by Gasteiger charge is 2.47. The standard InChI is InChI=1S/C20H19F2NO3/c21-14-7-8-16(17(22)11-14)20(9-4-10-20)19(26)23-12-15(18(24)25)13-5-2-1-3-6-13/h1-3,5-8,11,15H,4,9-10,12H2,(H,23,26)(H,24,25). The van der Waals surface area contributed by atoms with Crippen molar-refractivity contribution in [3.8, 4) is 0 Å². The van der Waals surface area contributed by atoms with Gasteiger partial charge in [-0.2, -0.15) is 0 Å². The number of aliphatic carboxylic acids is 1. The summed E-state index contributed by atoms with van der Waals surface area (Å²) < 4.78 is 27.4. The minimum absolute atomic E-state index is 0.0945. The number of nitrogens with one attached hydrogen (secondary N) is 1. The summed E-state index contributed by atoms with van der Waals surface area (Å²) in [5.74, 6) is -3.81. The van der Waals surface area contributed by atoms with Gasteiger partial charge >= 0.3 is 5.97 Å². The van der Waals surface area contributed by atoms with Gasteiger partial charge in [0, 0.05) is 18.2 Å². The summed E-state index contributed by atoms with van der Waals surface area (Å²) >= 11 is 0. The quantitative estimate of drug-likeness (QED) is 0.831. The van der Waals surface area contributed by atoms with Gasteiger partial charge in [-0.05, 0) is 24.5 Å². The minimum Gasteiger partial charge on any atom is -0.481 e. The summed E-state index contributed by atoms with van der Waals surface area (Å²) in [6, 6.07) is 11.8. The molecule has 0 bridgehead atoms. The Bertz CT molecular complexity index is 819. The van der Waals surface area contributed by atoms with Gasteiger partial charge in [-0.15, -0.1) is 0 Å². The third-order valence-corrected chi connectivity index (χ3v) is 5.06. The molecule has 4 nitrogen and oxygen atoms in total. The fraction of sp³-hybridized carbons (Fsp3) is 0.300. The number of benzene rings is 2. The van der Waals surface area contributed by atoms with Gasteiger partial charge in [0.15, 0.2) is 0 Å². The molecule has 1 aliphatic carbocycles. The number of hydrogen-bond donors (Lipinski definition) is 2. The molecular weight excluding hydrogens is 340 g/mol. The predicted octanol–water partition coefficient (Wildman–Crippen LogP) is 3.37. The summed E-state index contributed by atoms with van der Waals surface area (Å²) in [5, 5.41) is 12.1. The van der Waals surface area contributed by atoms with E-state index in [0.717, 1.165) is 18.6 Å². The Morgan fingerprint density at radius 1 is 1.12 bits per heavy atom. The maximum atomic E-state index is 14.2. The van der Waals surface area contributed by atoms with Crippen LogP contribution in [-0.2, 0) is 15.0 Å². The van der Waals surface area contributed by atoms with Crippen LogP contribution >= 0.6 is 0 Å². The molecule has 0 radical (unpaired) electrons. The van der Waals surface area contributed by atoms with Crippen LogP contribution in [0.5, 0.6) is 0 Å². The van der Waals surface area contributed by atoms with E-state index in [4.69, 9.17) is 0 Å². The second-order valence-corrected chi connectivity index (χ2v) is 6.57. The van der Waals surface area contributed by atoms with Crippen LogP contribution < -0.4 is 5.32 Å². The number of rotatable bonds is 6. The van der Waals surface area contributed by atoms with Crippen LogP contribution in [0.4, 0.5) is 8.78 Å². The molecule has 1 aliphatic rings. The number of halogens is 2. The molecule has 3 rings (SSSR count). The Morgan fingerprint density at radius 3 is 2.35 bits per heavy atom. The zero-order valence-electron chi connectivity index (χ0n) is 14.0. The Balaban J connectivity index is 1.78. The molecule has 136 valence electrons. The molecule has 6 heteroatoms. The van der Waals surface area contributed by atoms with E-state index < -0.39 is 34.8 Å². The van der Waals surface area contributed by atoms with E-state index in [0.29, 0.717) is 18.4 Å². The van der Waals surface area contributed by atoms with Crippen LogP contribution in [0.1, 0.15) is 36.3 Å². The van der Waals surface area contributed by atoms with Crippen LogP contribution in [0.25, 0.3) is 0 Å². The highest BCUT2D eigenvalue weighted by molar-refractivity contribution is 5.90. The van der Waals surface area contributed by atoms with E-state index in [1.807, 2.05) is 0 Å². The van der Waals surface area contributed by atoms with Crippen molar-refractivity contribution in [2.75, 3.05) is 6.54 Å². The summed E-state index contributed by atoms with van der Waals surface area (Å²) in [6.07, 6.45) is 1.65. The minimum atomic E-state index is -1.06. The van der Waals surface area contributed by atoms with Crippen LogP contribution in [0.3, 0.4) is 0 Å². The number of carboxylic acids is 1. The van der Waals surface area contributed by atoms with E-state index in [-0.39, 0.29) is 12.1 Å². The molecule has 0 saturated heterocycles. The normalized spacial score (nSPS) is 16.4. The lowest BCUT2D eigenvalue weighted by molar-refractivity contribution is -0.139. The molecule has 26 heavy (non-hydrogen) atoms. The number of amides is 1. The Hall–Kier alpha value is -2.76. The lowest BCUT2D eigenvalue weighted by Crippen LogP contribution is -2.50. The molecule has 0 heterocycles. The van der Waals surface area contributed by atoms with Crippen LogP contribution in [0.2, 0.25) is 0 Å². The molecule has 0 aromatic heterocycles. The van der Waals surface area contributed by atoms with Crippen molar-refractivity contribution in [2.24, 2.45) is 0 Å². The van der Waals surface area contributed by atoms with E-state index in [1.54, 1.807) is 30.3 Å². The van der Waals surface area contributed by atoms with Crippen molar-refractivity contribution in [1.29, 1.82) is 0 Å². The second kappa shape index (κ2) is 7.23. The Kier molecular flexibility index (Phi) is 5.02. The highest BCUT2D eigenvalue weighted by atomic mass is 19.1. The lowest BCUT2D eigenvalue weighted by atomic mass is 9.63. The zero-order chi connectivity index (χ0) is 18.7. The molecule has 1 fully saturated rings. The maximum absolute atomic E-state index is 14.2. The van der Waals surface area contributed by atoms with Gasteiger partial charge in [-0.3, -0.25) is 9.59 Å². The second-order valence-electron chi connectivity index (χ2n) is 6.57. The highest BCUT2D eigenvalue weighted by Crippen LogP contribution is 2.45. The molecular formula is C20H19F2NO3. The van der Waals surface area contributed by atoms with Gasteiger partial charge in [0.05, 0.1) is 11.3 Å². The zero-order valence-corrected chi connectivity index (χ0v) is 14.0. The molecule has 1 atom stereocenters. The molecule has 0 spiro atoms. The third-order valence-electron chi connectivity index (χ3n) is 5.06. The van der Waals surface area contributed by atoms with Gasteiger partial charge in [-0.25, -0.2) is 8.78 Å². The van der Waals surface area contributed by atoms with Crippen molar-refractivity contribution in [2.45, 2.75) is 30.6 Å². The number of hydrogen-bond acceptors (Lipinski definition) is 2. The summed E-state index contributed by atoms with van der Waals surface area (Å²) in [7, 11) is 0. The van der Waals surface area contributed by atoms with Gasteiger partial charge in [0.1, 0.15) is 11.6 Å². The van der Waals surface area contributed by atoms with E-state index in [2.05, 4.69) is 5.32 Å². The first-order valence-corrected chi connectivity index (χ1v) is 8.45. The number of carboxylic acid groups (broad SMARTS) is 1. The molecule has 0 aliphatic heterocycles. The average Bonchev–Trinajstić information content (AvgIpc) is 2.56. The first kappa shape index (κ1) is 18.0. The smallest absolute Gasteiger partial charge is 0.312 e. The van der Waals surface area contributed by atoms with Gasteiger partial charge in [-0.1, -0.05) is 42.8 Å².